The van der Waals surface area contributed by atoms with Gasteiger partial charge in [-0.3, -0.25) is 5.43 Å². The number of nitrogens with two attached hydrogens (primary N) is 1. The Hall–Kier alpha value is -1.62. The van der Waals surface area contributed by atoms with Crippen LogP contribution in [0.2, 0.25) is 0 Å². The summed E-state index contributed by atoms with van der Waals surface area (Å²) in [5, 5.41) is 0. The SMILES string of the molecule is CN(CCc1cccc(F)c1)C(=O)NN. The van der Waals surface area contributed by atoms with Crippen molar-refractivity contribution in [3.05, 3.63) is 35.6 Å². The molecule has 0 aliphatic carbocycles. The summed E-state index contributed by atoms with van der Waals surface area (Å²) in [6.45, 7) is 0.493. The van der Waals surface area contributed by atoms with E-state index < -0.39 is 0 Å². The molecule has 0 aliphatic rings. The highest BCUT2D eigenvalue weighted by Crippen LogP contribution is 2.04. The molecule has 2 amide bonds. The Morgan fingerprint density at radius 1 is 1.60 bits per heavy atom. The van der Waals surface area contributed by atoms with E-state index in [1.54, 1.807) is 13.1 Å². The molecule has 0 radical (unpaired) electrons. The number of hydrogen-bond acceptors (Lipinski definition) is 2. The van der Waals surface area contributed by atoms with Crippen LogP contribution in [0, 0.1) is 5.82 Å². The average Bonchev–Trinajstić information content (AvgIpc) is 2.25. The van der Waals surface area contributed by atoms with Crippen LogP contribution < -0.4 is 11.3 Å². The minimum Gasteiger partial charge on any atom is -0.326 e. The number of nitrogens with one attached hydrogen (secondary N) is 1. The van der Waals surface area contributed by atoms with Gasteiger partial charge in [0.15, 0.2) is 0 Å². The zero-order valence-corrected chi connectivity index (χ0v) is 8.53. The van der Waals surface area contributed by atoms with Crippen LogP contribution in [-0.4, -0.2) is 24.5 Å². The first-order chi connectivity index (χ1) is 7.13. The number of carbonyl (C=O) groups excluding carboxylic acids is 1. The smallest absolute Gasteiger partial charge is 0.326 e. The standard InChI is InChI=1S/C10H14FN3O/c1-14(10(15)13-12)6-5-8-3-2-4-9(11)7-8/h2-4,7H,5-6,12H2,1H3,(H,13,15). The van der Waals surface area contributed by atoms with Gasteiger partial charge >= 0.3 is 6.03 Å². The zero-order chi connectivity index (χ0) is 11.3. The molecule has 1 aromatic carbocycles. The van der Waals surface area contributed by atoms with Crippen molar-refractivity contribution in [1.29, 1.82) is 0 Å². The molecular weight excluding hydrogens is 197 g/mol. The molecule has 0 bridgehead atoms. The third-order valence-corrected chi connectivity index (χ3v) is 2.10. The van der Waals surface area contributed by atoms with Crippen molar-refractivity contribution in [2.24, 2.45) is 5.84 Å². The maximum absolute atomic E-state index is 12.8. The van der Waals surface area contributed by atoms with E-state index in [9.17, 15) is 9.18 Å². The molecule has 0 aliphatic heterocycles. The van der Waals surface area contributed by atoms with Gasteiger partial charge in [0.1, 0.15) is 5.82 Å². The highest BCUT2D eigenvalue weighted by molar-refractivity contribution is 5.73. The van der Waals surface area contributed by atoms with Gasteiger partial charge in [0.05, 0.1) is 0 Å². The summed E-state index contributed by atoms with van der Waals surface area (Å²) in [4.78, 5) is 12.5. The second-order valence-electron chi connectivity index (χ2n) is 3.25. The summed E-state index contributed by atoms with van der Waals surface area (Å²) in [7, 11) is 1.63. The molecular formula is C10H14FN3O. The summed E-state index contributed by atoms with van der Waals surface area (Å²) in [5.41, 5.74) is 2.88. The molecule has 3 N–H and O–H groups in total. The Bertz CT molecular complexity index is 343. The molecule has 0 atom stereocenters. The van der Waals surface area contributed by atoms with Gasteiger partial charge in [-0.15, -0.1) is 0 Å². The van der Waals surface area contributed by atoms with Crippen molar-refractivity contribution < 1.29 is 9.18 Å². The quantitative estimate of drug-likeness (QED) is 0.443. The molecule has 5 heteroatoms. The van der Waals surface area contributed by atoms with Crippen LogP contribution in [0.1, 0.15) is 5.56 Å². The van der Waals surface area contributed by atoms with E-state index in [1.807, 2.05) is 11.5 Å². The Morgan fingerprint density at radius 2 is 2.33 bits per heavy atom. The normalized spacial score (nSPS) is 9.80. The molecule has 0 spiro atoms. The van der Waals surface area contributed by atoms with E-state index in [1.165, 1.54) is 17.0 Å². The largest absolute Gasteiger partial charge is 0.331 e. The van der Waals surface area contributed by atoms with Crippen LogP contribution in [0.15, 0.2) is 24.3 Å². The number of rotatable bonds is 3. The lowest BCUT2D eigenvalue weighted by Gasteiger charge is -2.15. The lowest BCUT2D eigenvalue weighted by atomic mass is 10.1. The summed E-state index contributed by atoms with van der Waals surface area (Å²) >= 11 is 0. The Kier molecular flexibility index (Phi) is 4.05. The van der Waals surface area contributed by atoms with Crippen molar-refractivity contribution >= 4 is 6.03 Å². The number of carbonyl (C=O) groups is 1. The number of benzene rings is 1. The fourth-order valence-electron chi connectivity index (χ4n) is 1.20. The number of urea groups is 1. The van der Waals surface area contributed by atoms with E-state index in [0.29, 0.717) is 13.0 Å². The molecule has 0 unspecified atom stereocenters. The summed E-state index contributed by atoms with van der Waals surface area (Å²) < 4.78 is 12.8. The molecule has 15 heavy (non-hydrogen) atoms. The first kappa shape index (κ1) is 11.5. The fourth-order valence-corrected chi connectivity index (χ4v) is 1.20. The minimum absolute atomic E-state index is 0.265. The monoisotopic (exact) mass is 211 g/mol. The van der Waals surface area contributed by atoms with Gasteiger partial charge in [-0.05, 0) is 24.1 Å². The third-order valence-electron chi connectivity index (χ3n) is 2.10. The number of amides is 2. The number of nitrogens with zero attached hydrogens (tertiary/aromatic N) is 1. The van der Waals surface area contributed by atoms with E-state index >= 15 is 0 Å². The summed E-state index contributed by atoms with van der Waals surface area (Å²) in [6.07, 6.45) is 0.599. The Morgan fingerprint density at radius 3 is 2.93 bits per heavy atom. The average molecular weight is 211 g/mol. The highest BCUT2D eigenvalue weighted by atomic mass is 19.1. The number of hydrazine groups is 1. The van der Waals surface area contributed by atoms with E-state index in [4.69, 9.17) is 5.84 Å². The Labute approximate surface area is 87.8 Å². The molecule has 82 valence electrons. The molecule has 1 aromatic rings. The van der Waals surface area contributed by atoms with Crippen molar-refractivity contribution in [2.75, 3.05) is 13.6 Å². The molecule has 0 saturated carbocycles. The molecule has 0 aromatic heterocycles. The van der Waals surface area contributed by atoms with Gasteiger partial charge in [0.25, 0.3) is 0 Å². The van der Waals surface area contributed by atoms with E-state index in [2.05, 4.69) is 0 Å². The summed E-state index contributed by atoms with van der Waals surface area (Å²) in [6, 6.07) is 5.95. The Balaban J connectivity index is 2.47. The van der Waals surface area contributed by atoms with Crippen LogP contribution in [0.25, 0.3) is 0 Å². The topological polar surface area (TPSA) is 58.4 Å². The minimum atomic E-state index is -0.355. The lowest BCUT2D eigenvalue weighted by molar-refractivity contribution is 0.209. The van der Waals surface area contributed by atoms with E-state index in [-0.39, 0.29) is 11.8 Å². The summed E-state index contributed by atoms with van der Waals surface area (Å²) in [5.74, 6) is 4.70. The van der Waals surface area contributed by atoms with Crippen LogP contribution in [0.5, 0.6) is 0 Å². The predicted molar refractivity (Wildman–Crippen MR) is 55.5 cm³/mol. The van der Waals surface area contributed by atoms with Gasteiger partial charge in [-0.25, -0.2) is 15.0 Å². The molecule has 0 fully saturated rings. The maximum Gasteiger partial charge on any atom is 0.331 e. The third kappa shape index (κ3) is 3.55. The van der Waals surface area contributed by atoms with Gasteiger partial charge in [-0.1, -0.05) is 12.1 Å². The van der Waals surface area contributed by atoms with Crippen LogP contribution >= 0.6 is 0 Å². The molecule has 1 rings (SSSR count). The zero-order valence-electron chi connectivity index (χ0n) is 8.53. The first-order valence-electron chi connectivity index (χ1n) is 4.59. The van der Waals surface area contributed by atoms with E-state index in [0.717, 1.165) is 5.56 Å². The van der Waals surface area contributed by atoms with Crippen molar-refractivity contribution in [2.45, 2.75) is 6.42 Å². The molecule has 4 nitrogen and oxygen atoms in total. The number of halogens is 1. The van der Waals surface area contributed by atoms with Crippen LogP contribution in [-0.2, 0) is 6.42 Å². The second-order valence-corrected chi connectivity index (χ2v) is 3.25. The number of hydrogen-bond donors (Lipinski definition) is 2. The van der Waals surface area contributed by atoms with Crippen molar-refractivity contribution in [1.82, 2.24) is 10.3 Å². The van der Waals surface area contributed by atoms with Gasteiger partial charge in [-0.2, -0.15) is 0 Å². The predicted octanol–water partition coefficient (Wildman–Crippen LogP) is 0.883. The highest BCUT2D eigenvalue weighted by Gasteiger charge is 2.05. The van der Waals surface area contributed by atoms with Crippen molar-refractivity contribution in [3.8, 4) is 0 Å². The van der Waals surface area contributed by atoms with Crippen LogP contribution in [0.4, 0.5) is 9.18 Å². The van der Waals surface area contributed by atoms with Gasteiger partial charge < -0.3 is 4.90 Å². The first-order valence-corrected chi connectivity index (χ1v) is 4.59. The maximum atomic E-state index is 12.8. The second kappa shape index (κ2) is 5.31. The van der Waals surface area contributed by atoms with Crippen LogP contribution in [0.3, 0.4) is 0 Å². The van der Waals surface area contributed by atoms with Gasteiger partial charge in [0, 0.05) is 13.6 Å². The fraction of sp³-hybridized carbons (Fsp3) is 0.300. The molecule has 0 saturated heterocycles. The van der Waals surface area contributed by atoms with Crippen molar-refractivity contribution in [3.63, 3.8) is 0 Å². The van der Waals surface area contributed by atoms with Gasteiger partial charge in [0.2, 0.25) is 0 Å². The number of likely N-dealkylation sites (N-methyl/N-ethyl adjacent to an activating group) is 1. The molecule has 0 heterocycles. The lowest BCUT2D eigenvalue weighted by Crippen LogP contribution is -2.41.